The second-order valence-electron chi connectivity index (χ2n) is 3.71. The van der Waals surface area contributed by atoms with Crippen molar-refractivity contribution >= 4 is 27.8 Å². The number of carbonyl (C=O) groups is 1. The zero-order valence-corrected chi connectivity index (χ0v) is 11.2. The maximum Gasteiger partial charge on any atom is 0.346 e. The molecule has 0 aliphatic heterocycles. The number of esters is 1. The number of halogens is 1. The van der Waals surface area contributed by atoms with E-state index >= 15 is 0 Å². The van der Waals surface area contributed by atoms with Crippen molar-refractivity contribution in [2.75, 3.05) is 5.73 Å². The molecular formula is C12H11BrN2O3. The Bertz CT molecular complexity index is 561. The third-order valence-corrected chi connectivity index (χ3v) is 2.85. The van der Waals surface area contributed by atoms with Gasteiger partial charge >= 0.3 is 5.97 Å². The minimum atomic E-state index is -0.536. The zero-order chi connectivity index (χ0) is 13.1. The highest BCUT2D eigenvalue weighted by Crippen LogP contribution is 2.18. The van der Waals surface area contributed by atoms with Gasteiger partial charge in [0.05, 0.1) is 5.69 Å². The van der Waals surface area contributed by atoms with Crippen molar-refractivity contribution < 1.29 is 14.1 Å². The Morgan fingerprint density at radius 1 is 1.56 bits per heavy atom. The third kappa shape index (κ3) is 2.70. The smallest absolute Gasteiger partial charge is 0.346 e. The van der Waals surface area contributed by atoms with Crippen LogP contribution in [0.1, 0.15) is 21.6 Å². The van der Waals surface area contributed by atoms with Crippen LogP contribution in [0, 0.1) is 6.92 Å². The first-order chi connectivity index (χ1) is 8.58. The lowest BCUT2D eigenvalue weighted by Crippen LogP contribution is -2.08. The van der Waals surface area contributed by atoms with Crippen LogP contribution < -0.4 is 5.73 Å². The molecule has 18 heavy (non-hydrogen) atoms. The van der Waals surface area contributed by atoms with E-state index in [1.165, 1.54) is 0 Å². The Balaban J connectivity index is 2.05. The molecule has 0 aliphatic rings. The van der Waals surface area contributed by atoms with E-state index in [1.807, 2.05) is 24.3 Å². The summed E-state index contributed by atoms with van der Waals surface area (Å²) in [5, 5.41) is 3.60. The summed E-state index contributed by atoms with van der Waals surface area (Å²) in [6, 6.07) is 7.50. The van der Waals surface area contributed by atoms with E-state index in [2.05, 4.69) is 21.1 Å². The van der Waals surface area contributed by atoms with E-state index in [0.29, 0.717) is 5.69 Å². The van der Waals surface area contributed by atoms with Crippen LogP contribution >= 0.6 is 15.9 Å². The monoisotopic (exact) mass is 310 g/mol. The summed E-state index contributed by atoms with van der Waals surface area (Å²) < 4.78 is 10.8. The highest BCUT2D eigenvalue weighted by atomic mass is 79.9. The molecule has 0 bridgehead atoms. The van der Waals surface area contributed by atoms with Gasteiger partial charge in [-0.15, -0.1) is 0 Å². The van der Waals surface area contributed by atoms with Crippen molar-refractivity contribution in [3.05, 3.63) is 45.6 Å². The van der Waals surface area contributed by atoms with E-state index < -0.39 is 5.97 Å². The quantitative estimate of drug-likeness (QED) is 0.882. The molecule has 94 valence electrons. The molecular weight excluding hydrogens is 300 g/mol. The molecule has 0 atom stereocenters. The van der Waals surface area contributed by atoms with Gasteiger partial charge in [0.2, 0.25) is 5.88 Å². The molecule has 0 unspecified atom stereocenters. The van der Waals surface area contributed by atoms with Gasteiger partial charge in [0.15, 0.2) is 0 Å². The van der Waals surface area contributed by atoms with Crippen LogP contribution in [0.4, 0.5) is 5.88 Å². The minimum Gasteiger partial charge on any atom is -0.457 e. The van der Waals surface area contributed by atoms with E-state index in [9.17, 15) is 4.79 Å². The molecule has 2 aromatic rings. The first-order valence-corrected chi connectivity index (χ1v) is 6.00. The Morgan fingerprint density at radius 3 is 2.94 bits per heavy atom. The number of hydrogen-bond acceptors (Lipinski definition) is 5. The average Bonchev–Trinajstić information content (AvgIpc) is 2.66. The van der Waals surface area contributed by atoms with E-state index in [0.717, 1.165) is 10.0 Å². The Labute approximate surface area is 112 Å². The number of nitrogens with zero attached hydrogens (tertiary/aromatic N) is 1. The fourth-order valence-electron chi connectivity index (χ4n) is 1.48. The molecule has 0 spiro atoms. The van der Waals surface area contributed by atoms with Gasteiger partial charge in [-0.05, 0) is 24.6 Å². The third-order valence-electron chi connectivity index (χ3n) is 2.35. The van der Waals surface area contributed by atoms with Gasteiger partial charge < -0.3 is 15.0 Å². The number of benzene rings is 1. The summed E-state index contributed by atoms with van der Waals surface area (Å²) in [7, 11) is 0. The van der Waals surface area contributed by atoms with Crippen molar-refractivity contribution in [1.82, 2.24) is 5.16 Å². The fraction of sp³-hybridized carbons (Fsp3) is 0.167. The number of nitrogens with two attached hydrogens (primary N) is 1. The number of rotatable bonds is 3. The van der Waals surface area contributed by atoms with Crippen LogP contribution in [0.25, 0.3) is 0 Å². The lowest BCUT2D eigenvalue weighted by Gasteiger charge is -2.04. The van der Waals surface area contributed by atoms with Crippen molar-refractivity contribution in [1.29, 1.82) is 0 Å². The van der Waals surface area contributed by atoms with Gasteiger partial charge in [0.25, 0.3) is 0 Å². The molecule has 0 fully saturated rings. The highest BCUT2D eigenvalue weighted by Gasteiger charge is 2.19. The topological polar surface area (TPSA) is 78.4 Å². The number of anilines is 1. The maximum atomic E-state index is 11.8. The lowest BCUT2D eigenvalue weighted by atomic mass is 10.2. The van der Waals surface area contributed by atoms with Gasteiger partial charge in [-0.1, -0.05) is 33.2 Å². The van der Waals surface area contributed by atoms with Crippen LogP contribution in [0.5, 0.6) is 0 Å². The summed E-state index contributed by atoms with van der Waals surface area (Å²) >= 11 is 3.35. The average molecular weight is 311 g/mol. The second-order valence-corrected chi connectivity index (χ2v) is 4.63. The second kappa shape index (κ2) is 5.22. The molecule has 0 radical (unpaired) electrons. The van der Waals surface area contributed by atoms with Gasteiger partial charge in [0, 0.05) is 4.47 Å². The van der Waals surface area contributed by atoms with E-state index in [-0.39, 0.29) is 18.1 Å². The molecule has 6 heteroatoms. The van der Waals surface area contributed by atoms with Crippen LogP contribution in [-0.2, 0) is 11.3 Å². The SMILES string of the molecule is Cc1noc(N)c1C(=O)OCc1cccc(Br)c1. The first kappa shape index (κ1) is 12.6. The molecule has 5 nitrogen and oxygen atoms in total. The molecule has 0 saturated heterocycles. The van der Waals surface area contributed by atoms with Crippen molar-refractivity contribution in [3.8, 4) is 0 Å². The van der Waals surface area contributed by atoms with Gasteiger partial charge in [0.1, 0.15) is 12.2 Å². The minimum absolute atomic E-state index is 0.0215. The summed E-state index contributed by atoms with van der Waals surface area (Å²) in [5.41, 5.74) is 6.99. The molecule has 0 amide bonds. The summed E-state index contributed by atoms with van der Waals surface area (Å²) in [6.07, 6.45) is 0. The Morgan fingerprint density at radius 2 is 2.33 bits per heavy atom. The number of ether oxygens (including phenoxy) is 1. The number of hydrogen-bond donors (Lipinski definition) is 1. The number of aromatic nitrogens is 1. The van der Waals surface area contributed by atoms with Crippen molar-refractivity contribution in [2.45, 2.75) is 13.5 Å². The van der Waals surface area contributed by atoms with Crippen molar-refractivity contribution in [2.24, 2.45) is 0 Å². The van der Waals surface area contributed by atoms with Crippen molar-refractivity contribution in [3.63, 3.8) is 0 Å². The number of nitrogen functional groups attached to an aromatic ring is 1. The summed E-state index contributed by atoms with van der Waals surface area (Å²) in [4.78, 5) is 11.8. The van der Waals surface area contributed by atoms with Gasteiger partial charge in [-0.3, -0.25) is 0 Å². The molecule has 2 rings (SSSR count). The van der Waals surface area contributed by atoms with Gasteiger partial charge in [-0.25, -0.2) is 4.79 Å². The number of aryl methyl sites for hydroxylation is 1. The fourth-order valence-corrected chi connectivity index (χ4v) is 1.93. The van der Waals surface area contributed by atoms with Crippen LogP contribution in [0.3, 0.4) is 0 Å². The molecule has 1 heterocycles. The standard InChI is InChI=1S/C12H11BrN2O3/c1-7-10(11(14)18-15-7)12(16)17-6-8-3-2-4-9(13)5-8/h2-5H,6,14H2,1H3. The summed E-state index contributed by atoms with van der Waals surface area (Å²) in [6.45, 7) is 1.80. The predicted octanol–water partition coefficient (Wildman–Crippen LogP) is 2.68. The Hall–Kier alpha value is -1.82. The van der Waals surface area contributed by atoms with Crippen LogP contribution in [0.2, 0.25) is 0 Å². The zero-order valence-electron chi connectivity index (χ0n) is 9.64. The lowest BCUT2D eigenvalue weighted by molar-refractivity contribution is 0.0472. The number of carbonyl (C=O) groups excluding carboxylic acids is 1. The first-order valence-electron chi connectivity index (χ1n) is 5.21. The molecule has 0 aliphatic carbocycles. The largest absolute Gasteiger partial charge is 0.457 e. The van der Waals surface area contributed by atoms with E-state index in [4.69, 9.17) is 15.0 Å². The normalized spacial score (nSPS) is 10.3. The summed E-state index contributed by atoms with van der Waals surface area (Å²) in [5.74, 6) is -0.557. The van der Waals surface area contributed by atoms with Crippen LogP contribution in [0.15, 0.2) is 33.3 Å². The maximum absolute atomic E-state index is 11.8. The van der Waals surface area contributed by atoms with E-state index in [1.54, 1.807) is 6.92 Å². The predicted molar refractivity (Wildman–Crippen MR) is 68.9 cm³/mol. The van der Waals surface area contributed by atoms with Gasteiger partial charge in [-0.2, -0.15) is 0 Å². The Kier molecular flexibility index (Phi) is 3.66. The molecule has 2 N–H and O–H groups in total. The van der Waals surface area contributed by atoms with Crippen LogP contribution in [-0.4, -0.2) is 11.1 Å². The molecule has 1 aromatic heterocycles. The molecule has 1 aromatic carbocycles. The highest BCUT2D eigenvalue weighted by molar-refractivity contribution is 9.10. The molecule has 0 saturated carbocycles.